The van der Waals surface area contributed by atoms with Gasteiger partial charge in [-0.3, -0.25) is 4.90 Å². The molecule has 1 amide bonds. The molecule has 0 radical (unpaired) electrons. The maximum atomic E-state index is 11.2. The van der Waals surface area contributed by atoms with Gasteiger partial charge in [0.1, 0.15) is 5.60 Å². The minimum absolute atomic E-state index is 0.336. The summed E-state index contributed by atoms with van der Waals surface area (Å²) < 4.78 is 11.4. The first kappa shape index (κ1) is 10.3. The Balaban J connectivity index is 1.91. The highest BCUT2D eigenvalue weighted by molar-refractivity contribution is 5.65. The molecule has 3 unspecified atom stereocenters. The Morgan fingerprint density at radius 3 is 3.19 bits per heavy atom. The third-order valence-electron chi connectivity index (χ3n) is 3.67. The van der Waals surface area contributed by atoms with Gasteiger partial charge in [0.15, 0.2) is 6.23 Å². The zero-order valence-electron chi connectivity index (χ0n) is 9.02. The number of fused-ring (bicyclic) bond motifs is 1. The van der Waals surface area contributed by atoms with Gasteiger partial charge in [-0.05, 0) is 18.9 Å². The van der Waals surface area contributed by atoms with Crippen LogP contribution in [0.15, 0.2) is 0 Å². The summed E-state index contributed by atoms with van der Waals surface area (Å²) >= 11 is 0. The summed E-state index contributed by atoms with van der Waals surface area (Å²) in [5.41, 5.74) is -0.461. The van der Waals surface area contributed by atoms with Gasteiger partial charge in [0.2, 0.25) is 0 Å². The van der Waals surface area contributed by atoms with Crippen LogP contribution in [0, 0.1) is 5.92 Å². The van der Waals surface area contributed by atoms with Crippen molar-refractivity contribution in [2.24, 2.45) is 5.92 Å². The molecule has 0 aromatic rings. The van der Waals surface area contributed by atoms with Gasteiger partial charge in [0.05, 0.1) is 13.2 Å². The molecule has 3 heterocycles. The molecule has 6 nitrogen and oxygen atoms in total. The van der Waals surface area contributed by atoms with Crippen molar-refractivity contribution in [1.82, 2.24) is 10.2 Å². The van der Waals surface area contributed by atoms with Crippen molar-refractivity contribution >= 4 is 6.09 Å². The van der Waals surface area contributed by atoms with Crippen LogP contribution in [-0.4, -0.2) is 60.8 Å². The molecule has 3 fully saturated rings. The SMILES string of the molecule is O=C(O)N1CC2CNCC3(C2)OCCOC13. The molecule has 6 heteroatoms. The fraction of sp³-hybridized carbons (Fsp3) is 0.900. The van der Waals surface area contributed by atoms with Crippen LogP contribution in [0.5, 0.6) is 0 Å². The second kappa shape index (κ2) is 3.58. The lowest BCUT2D eigenvalue weighted by Gasteiger charge is -2.55. The molecular formula is C10H16N2O4. The van der Waals surface area contributed by atoms with E-state index in [0.717, 1.165) is 13.0 Å². The summed E-state index contributed by atoms with van der Waals surface area (Å²) in [6, 6.07) is 0. The maximum absolute atomic E-state index is 11.2. The smallest absolute Gasteiger partial charge is 0.409 e. The van der Waals surface area contributed by atoms with Gasteiger partial charge < -0.3 is 19.9 Å². The number of carbonyl (C=O) groups is 1. The number of amides is 1. The van der Waals surface area contributed by atoms with Crippen LogP contribution in [0.4, 0.5) is 4.79 Å². The Bertz CT molecular complexity index is 307. The van der Waals surface area contributed by atoms with Crippen LogP contribution in [0.25, 0.3) is 0 Å². The fourth-order valence-electron chi connectivity index (χ4n) is 3.10. The van der Waals surface area contributed by atoms with E-state index in [4.69, 9.17) is 9.47 Å². The molecule has 1 spiro atoms. The van der Waals surface area contributed by atoms with Crippen LogP contribution in [0.3, 0.4) is 0 Å². The second-order valence-corrected chi connectivity index (χ2v) is 4.77. The van der Waals surface area contributed by atoms with E-state index in [1.165, 1.54) is 4.90 Å². The number of hydrogen-bond acceptors (Lipinski definition) is 4. The Kier molecular flexibility index (Phi) is 2.31. The lowest BCUT2D eigenvalue weighted by atomic mass is 9.80. The minimum Gasteiger partial charge on any atom is -0.465 e. The van der Waals surface area contributed by atoms with Crippen LogP contribution >= 0.6 is 0 Å². The first-order valence-corrected chi connectivity index (χ1v) is 5.67. The Morgan fingerprint density at radius 2 is 2.38 bits per heavy atom. The molecule has 3 aliphatic heterocycles. The van der Waals surface area contributed by atoms with Crippen molar-refractivity contribution in [3.8, 4) is 0 Å². The number of rotatable bonds is 0. The Morgan fingerprint density at radius 1 is 1.50 bits per heavy atom. The monoisotopic (exact) mass is 228 g/mol. The lowest BCUT2D eigenvalue weighted by molar-refractivity contribution is -0.271. The molecule has 0 saturated carbocycles. The molecule has 3 rings (SSSR count). The van der Waals surface area contributed by atoms with Crippen LogP contribution < -0.4 is 5.32 Å². The average Bonchev–Trinajstić information content (AvgIpc) is 2.27. The van der Waals surface area contributed by atoms with E-state index in [1.807, 2.05) is 0 Å². The fourth-order valence-corrected chi connectivity index (χ4v) is 3.10. The Hall–Kier alpha value is -0.850. The zero-order valence-corrected chi connectivity index (χ0v) is 9.02. The number of carboxylic acid groups (broad SMARTS) is 1. The van der Waals surface area contributed by atoms with Crippen molar-refractivity contribution in [3.63, 3.8) is 0 Å². The number of ether oxygens (including phenoxy) is 2. The predicted octanol–water partition coefficient (Wildman–Crippen LogP) is -0.299. The molecule has 3 saturated heterocycles. The van der Waals surface area contributed by atoms with E-state index in [9.17, 15) is 9.90 Å². The number of piperidine rings is 2. The first-order chi connectivity index (χ1) is 7.71. The number of nitrogens with one attached hydrogen (secondary N) is 1. The van der Waals surface area contributed by atoms with Crippen molar-refractivity contribution in [2.75, 3.05) is 32.8 Å². The van der Waals surface area contributed by atoms with E-state index < -0.39 is 17.9 Å². The number of hydrogen-bond donors (Lipinski definition) is 2. The van der Waals surface area contributed by atoms with Crippen LogP contribution in [0.1, 0.15) is 6.42 Å². The van der Waals surface area contributed by atoms with Crippen LogP contribution in [-0.2, 0) is 9.47 Å². The zero-order chi connectivity index (χ0) is 11.2. The summed E-state index contributed by atoms with van der Waals surface area (Å²) in [7, 11) is 0. The van der Waals surface area contributed by atoms with Gasteiger partial charge in [0.25, 0.3) is 0 Å². The van der Waals surface area contributed by atoms with E-state index in [1.54, 1.807) is 0 Å². The number of nitrogens with zero attached hydrogens (tertiary/aromatic N) is 1. The molecule has 0 aromatic heterocycles. The van der Waals surface area contributed by atoms with Gasteiger partial charge in [0, 0.05) is 13.1 Å². The highest BCUT2D eigenvalue weighted by atomic mass is 16.6. The molecule has 3 aliphatic rings. The molecule has 3 atom stereocenters. The second-order valence-electron chi connectivity index (χ2n) is 4.77. The van der Waals surface area contributed by atoms with Gasteiger partial charge in [-0.2, -0.15) is 0 Å². The molecule has 2 bridgehead atoms. The molecule has 2 N–H and O–H groups in total. The van der Waals surface area contributed by atoms with Crippen molar-refractivity contribution in [1.29, 1.82) is 0 Å². The topological polar surface area (TPSA) is 71.0 Å². The third-order valence-corrected chi connectivity index (χ3v) is 3.67. The molecule has 0 aliphatic carbocycles. The van der Waals surface area contributed by atoms with Crippen molar-refractivity contribution < 1.29 is 19.4 Å². The quantitative estimate of drug-likeness (QED) is 0.595. The summed E-state index contributed by atoms with van der Waals surface area (Å²) in [6.45, 7) is 3.11. The standard InChI is InChI=1S/C10H16N2O4/c13-9(14)12-5-7-3-10(6-11-4-7)8(12)15-1-2-16-10/h7-8,11H,1-6H2,(H,13,14). The highest BCUT2D eigenvalue weighted by Crippen LogP contribution is 2.38. The summed E-state index contributed by atoms with van der Waals surface area (Å²) in [6.07, 6.45) is -0.455. The Labute approximate surface area is 93.5 Å². The lowest BCUT2D eigenvalue weighted by Crippen LogP contribution is -2.71. The molecular weight excluding hydrogens is 212 g/mol. The average molecular weight is 228 g/mol. The van der Waals surface area contributed by atoms with Gasteiger partial charge in [-0.1, -0.05) is 0 Å². The van der Waals surface area contributed by atoms with Crippen molar-refractivity contribution in [3.05, 3.63) is 0 Å². The largest absolute Gasteiger partial charge is 0.465 e. The minimum atomic E-state index is -0.911. The molecule has 16 heavy (non-hydrogen) atoms. The predicted molar refractivity (Wildman–Crippen MR) is 54.1 cm³/mol. The normalized spacial score (nSPS) is 42.6. The maximum Gasteiger partial charge on any atom is 0.409 e. The summed E-state index contributed by atoms with van der Waals surface area (Å²) in [4.78, 5) is 12.6. The highest BCUT2D eigenvalue weighted by Gasteiger charge is 2.54. The van der Waals surface area contributed by atoms with Gasteiger partial charge in [-0.25, -0.2) is 4.79 Å². The molecule has 0 aromatic carbocycles. The van der Waals surface area contributed by atoms with E-state index in [0.29, 0.717) is 32.2 Å². The summed E-state index contributed by atoms with van der Waals surface area (Å²) in [5, 5.41) is 12.5. The van der Waals surface area contributed by atoms with E-state index >= 15 is 0 Å². The van der Waals surface area contributed by atoms with Crippen molar-refractivity contribution in [2.45, 2.75) is 18.2 Å². The summed E-state index contributed by atoms with van der Waals surface area (Å²) in [5.74, 6) is 0.336. The molecule has 90 valence electrons. The van der Waals surface area contributed by atoms with Gasteiger partial charge in [-0.15, -0.1) is 0 Å². The first-order valence-electron chi connectivity index (χ1n) is 5.67. The number of likely N-dealkylation sites (tertiary alicyclic amines) is 1. The van der Waals surface area contributed by atoms with Crippen LogP contribution in [0.2, 0.25) is 0 Å². The van der Waals surface area contributed by atoms with E-state index in [-0.39, 0.29) is 0 Å². The third kappa shape index (κ3) is 1.41. The van der Waals surface area contributed by atoms with E-state index in [2.05, 4.69) is 5.32 Å². The van der Waals surface area contributed by atoms with Gasteiger partial charge >= 0.3 is 6.09 Å².